The van der Waals surface area contributed by atoms with Crippen LogP contribution in [0.4, 0.5) is 11.7 Å². The van der Waals surface area contributed by atoms with Gasteiger partial charge in [-0.15, -0.1) is 0 Å². The van der Waals surface area contributed by atoms with Crippen molar-refractivity contribution in [3.05, 3.63) is 53.1 Å². The van der Waals surface area contributed by atoms with Gasteiger partial charge in [0.05, 0.1) is 0 Å². The quantitative estimate of drug-likeness (QED) is 0.739. The molecule has 2 heterocycles. The molecule has 5 nitrogen and oxygen atoms in total. The van der Waals surface area contributed by atoms with Crippen LogP contribution in [0.25, 0.3) is 11.1 Å². The molecular formula is C18H19ClN4O. The molecule has 2 aromatic carbocycles. The first-order chi connectivity index (χ1) is 11.7. The smallest absolute Gasteiger partial charge is 0.298 e. The lowest BCUT2D eigenvalue weighted by Gasteiger charge is -2.33. The standard InChI is InChI=1S/C18H19ClN4O/c19-14-3-1-13(2-4-14)12-22-7-9-23(10-8-22)18-21-16-11-15(20)5-6-17(16)24-18/h1-6,11H,7-10,12,20H2. The Kier molecular flexibility index (Phi) is 4.04. The molecule has 2 N–H and O–H groups in total. The van der Waals surface area contributed by atoms with Crippen molar-refractivity contribution in [1.82, 2.24) is 9.88 Å². The number of aromatic nitrogens is 1. The average molecular weight is 343 g/mol. The van der Waals surface area contributed by atoms with Gasteiger partial charge in [-0.25, -0.2) is 0 Å². The second kappa shape index (κ2) is 6.34. The summed E-state index contributed by atoms with van der Waals surface area (Å²) in [7, 11) is 0. The van der Waals surface area contributed by atoms with Gasteiger partial charge in [0.15, 0.2) is 5.58 Å². The third-order valence-corrected chi connectivity index (χ3v) is 4.61. The summed E-state index contributed by atoms with van der Waals surface area (Å²) in [4.78, 5) is 9.18. The zero-order chi connectivity index (χ0) is 16.5. The first kappa shape index (κ1) is 15.3. The Labute approximate surface area is 145 Å². The molecule has 0 radical (unpaired) electrons. The number of fused-ring (bicyclic) bond motifs is 1. The topological polar surface area (TPSA) is 58.5 Å². The molecular weight excluding hydrogens is 324 g/mol. The van der Waals surface area contributed by atoms with Crippen LogP contribution < -0.4 is 10.6 Å². The SMILES string of the molecule is Nc1ccc2oc(N3CCN(Cc4ccc(Cl)cc4)CC3)nc2c1. The molecule has 0 spiro atoms. The Morgan fingerprint density at radius 2 is 1.79 bits per heavy atom. The number of hydrogen-bond donors (Lipinski definition) is 1. The monoisotopic (exact) mass is 342 g/mol. The molecule has 0 aliphatic carbocycles. The fourth-order valence-electron chi connectivity index (χ4n) is 3.01. The molecule has 3 aromatic rings. The summed E-state index contributed by atoms with van der Waals surface area (Å²) in [6.45, 7) is 4.69. The molecule has 1 aliphatic heterocycles. The molecule has 4 rings (SSSR count). The van der Waals surface area contributed by atoms with Crippen molar-refractivity contribution in [3.8, 4) is 0 Å². The van der Waals surface area contributed by atoms with Gasteiger partial charge in [-0.1, -0.05) is 23.7 Å². The lowest BCUT2D eigenvalue weighted by Crippen LogP contribution is -2.46. The molecule has 1 aromatic heterocycles. The summed E-state index contributed by atoms with van der Waals surface area (Å²) < 4.78 is 5.86. The number of nitrogens with zero attached hydrogens (tertiary/aromatic N) is 3. The van der Waals surface area contributed by atoms with Gasteiger partial charge in [-0.2, -0.15) is 4.98 Å². The van der Waals surface area contributed by atoms with Gasteiger partial charge in [0.1, 0.15) is 5.52 Å². The molecule has 124 valence electrons. The third kappa shape index (κ3) is 3.18. The molecule has 0 unspecified atom stereocenters. The van der Waals surface area contributed by atoms with Crippen molar-refractivity contribution in [3.63, 3.8) is 0 Å². The van der Waals surface area contributed by atoms with Crippen LogP contribution in [0.2, 0.25) is 5.02 Å². The predicted octanol–water partition coefficient (Wildman–Crippen LogP) is 3.39. The highest BCUT2D eigenvalue weighted by molar-refractivity contribution is 6.30. The number of piperazine rings is 1. The van der Waals surface area contributed by atoms with E-state index in [-0.39, 0.29) is 0 Å². The number of anilines is 2. The van der Waals surface area contributed by atoms with E-state index in [0.29, 0.717) is 11.7 Å². The van der Waals surface area contributed by atoms with Crippen molar-refractivity contribution in [2.24, 2.45) is 0 Å². The van der Waals surface area contributed by atoms with Crippen molar-refractivity contribution in [2.45, 2.75) is 6.54 Å². The van der Waals surface area contributed by atoms with Gasteiger partial charge in [0.2, 0.25) is 0 Å². The van der Waals surface area contributed by atoms with E-state index in [1.165, 1.54) is 5.56 Å². The Bertz CT molecular complexity index is 838. The molecule has 6 heteroatoms. The second-order valence-electron chi connectivity index (χ2n) is 6.11. The van der Waals surface area contributed by atoms with Crippen LogP contribution in [0.1, 0.15) is 5.56 Å². The van der Waals surface area contributed by atoms with Gasteiger partial charge < -0.3 is 15.1 Å². The lowest BCUT2D eigenvalue weighted by molar-refractivity contribution is 0.245. The van der Waals surface area contributed by atoms with Crippen LogP contribution in [-0.4, -0.2) is 36.1 Å². The normalized spacial score (nSPS) is 16.0. The van der Waals surface area contributed by atoms with Crippen LogP contribution >= 0.6 is 11.6 Å². The predicted molar refractivity (Wildman–Crippen MR) is 97.4 cm³/mol. The minimum atomic E-state index is 0.682. The van der Waals surface area contributed by atoms with Gasteiger partial charge in [-0.05, 0) is 35.9 Å². The minimum Gasteiger partial charge on any atom is -0.423 e. The van der Waals surface area contributed by atoms with E-state index >= 15 is 0 Å². The van der Waals surface area contributed by atoms with Gasteiger partial charge in [0.25, 0.3) is 6.01 Å². The van der Waals surface area contributed by atoms with E-state index in [1.54, 1.807) is 0 Å². The second-order valence-corrected chi connectivity index (χ2v) is 6.55. The van der Waals surface area contributed by atoms with E-state index in [2.05, 4.69) is 26.9 Å². The van der Waals surface area contributed by atoms with Gasteiger partial charge >= 0.3 is 0 Å². The summed E-state index contributed by atoms with van der Waals surface area (Å²) in [5.74, 6) is 0. The third-order valence-electron chi connectivity index (χ3n) is 4.36. The number of hydrogen-bond acceptors (Lipinski definition) is 5. The summed E-state index contributed by atoms with van der Waals surface area (Å²) in [5.41, 5.74) is 9.38. The minimum absolute atomic E-state index is 0.682. The Balaban J connectivity index is 1.40. The first-order valence-corrected chi connectivity index (χ1v) is 8.43. The fraction of sp³-hybridized carbons (Fsp3) is 0.278. The molecule has 1 fully saturated rings. The van der Waals surface area contributed by atoms with Gasteiger partial charge in [-0.3, -0.25) is 4.90 Å². The van der Waals surface area contributed by atoms with Gasteiger partial charge in [0, 0.05) is 43.4 Å². The molecule has 0 bridgehead atoms. The van der Waals surface area contributed by atoms with Crippen molar-refractivity contribution < 1.29 is 4.42 Å². The number of halogens is 1. The summed E-state index contributed by atoms with van der Waals surface area (Å²) in [6, 6.07) is 14.3. The summed E-state index contributed by atoms with van der Waals surface area (Å²) in [6.07, 6.45) is 0. The number of nitrogens with two attached hydrogens (primary N) is 1. The zero-order valence-electron chi connectivity index (χ0n) is 13.3. The maximum absolute atomic E-state index is 5.94. The number of nitrogen functional groups attached to an aromatic ring is 1. The number of rotatable bonds is 3. The highest BCUT2D eigenvalue weighted by atomic mass is 35.5. The van der Waals surface area contributed by atoms with Crippen LogP contribution in [0.15, 0.2) is 46.9 Å². The Morgan fingerprint density at radius 1 is 1.04 bits per heavy atom. The van der Waals surface area contributed by atoms with Crippen molar-refractivity contribution in [2.75, 3.05) is 36.8 Å². The molecule has 0 saturated carbocycles. The Hall–Kier alpha value is -2.24. The van der Waals surface area contributed by atoms with Crippen molar-refractivity contribution >= 4 is 34.4 Å². The molecule has 1 saturated heterocycles. The average Bonchev–Trinajstić information content (AvgIpc) is 3.01. The maximum Gasteiger partial charge on any atom is 0.298 e. The van der Waals surface area contributed by atoms with E-state index in [9.17, 15) is 0 Å². The molecule has 0 atom stereocenters. The summed E-state index contributed by atoms with van der Waals surface area (Å²) >= 11 is 5.94. The van der Waals surface area contributed by atoms with Crippen LogP contribution in [0.3, 0.4) is 0 Å². The van der Waals surface area contributed by atoms with E-state index < -0.39 is 0 Å². The van der Waals surface area contributed by atoms with Crippen LogP contribution in [0, 0.1) is 0 Å². The maximum atomic E-state index is 5.94. The number of oxazole rings is 1. The van der Waals surface area contributed by atoms with E-state index in [1.807, 2.05) is 30.3 Å². The first-order valence-electron chi connectivity index (χ1n) is 8.05. The molecule has 1 aliphatic rings. The highest BCUT2D eigenvalue weighted by Gasteiger charge is 2.21. The largest absolute Gasteiger partial charge is 0.423 e. The lowest BCUT2D eigenvalue weighted by atomic mass is 10.2. The highest BCUT2D eigenvalue weighted by Crippen LogP contribution is 2.24. The molecule has 0 amide bonds. The summed E-state index contributed by atoms with van der Waals surface area (Å²) in [5, 5.41) is 0.778. The number of benzene rings is 2. The fourth-order valence-corrected chi connectivity index (χ4v) is 3.14. The zero-order valence-corrected chi connectivity index (χ0v) is 14.0. The van der Waals surface area contributed by atoms with E-state index in [4.69, 9.17) is 21.8 Å². The van der Waals surface area contributed by atoms with Crippen molar-refractivity contribution in [1.29, 1.82) is 0 Å². The van der Waals surface area contributed by atoms with E-state index in [0.717, 1.165) is 48.8 Å². The molecule has 24 heavy (non-hydrogen) atoms. The van der Waals surface area contributed by atoms with Crippen LogP contribution in [-0.2, 0) is 6.54 Å². The van der Waals surface area contributed by atoms with Crippen LogP contribution in [0.5, 0.6) is 0 Å². The Morgan fingerprint density at radius 3 is 2.54 bits per heavy atom.